The van der Waals surface area contributed by atoms with E-state index in [0.29, 0.717) is 67.2 Å². The van der Waals surface area contributed by atoms with Crippen LogP contribution in [-0.4, -0.2) is 50.5 Å². The first-order valence-electron chi connectivity index (χ1n) is 14.6. The number of ether oxygens (including phenoxy) is 5. The van der Waals surface area contributed by atoms with Crippen LogP contribution < -0.4 is 29.1 Å². The number of rotatable bonds is 12. The molecule has 0 saturated heterocycles. The maximum Gasteiger partial charge on any atom is 0.343 e. The number of fused-ring (bicyclic) bond motifs is 1. The van der Waals surface area contributed by atoms with Gasteiger partial charge in [0, 0.05) is 15.6 Å². The smallest absolute Gasteiger partial charge is 0.343 e. The summed E-state index contributed by atoms with van der Waals surface area (Å²) in [5.41, 5.74) is 5.57. The van der Waals surface area contributed by atoms with Crippen LogP contribution in [0.5, 0.6) is 28.7 Å². The van der Waals surface area contributed by atoms with Crippen molar-refractivity contribution < 1.29 is 33.3 Å². The van der Waals surface area contributed by atoms with Gasteiger partial charge in [-0.05, 0) is 77.8 Å². The number of carbonyl (C=O) groups is 2. The molecule has 0 aliphatic carbocycles. The van der Waals surface area contributed by atoms with E-state index in [-0.39, 0.29) is 17.0 Å². The number of halogens is 2. The Hall–Kier alpha value is -4.81. The van der Waals surface area contributed by atoms with Gasteiger partial charge in [-0.25, -0.2) is 10.2 Å². The van der Waals surface area contributed by atoms with Crippen LogP contribution in [-0.2, 0) is 0 Å². The van der Waals surface area contributed by atoms with E-state index in [4.69, 9.17) is 23.7 Å². The molecular formula is C35H31Br2N3O7. The van der Waals surface area contributed by atoms with Crippen LogP contribution in [0.15, 0.2) is 86.8 Å². The minimum Gasteiger partial charge on any atom is -0.496 e. The molecule has 2 N–H and O–H groups in total. The van der Waals surface area contributed by atoms with E-state index in [1.54, 1.807) is 56.7 Å². The summed E-state index contributed by atoms with van der Waals surface area (Å²) in [5.74, 6) is 1.16. The van der Waals surface area contributed by atoms with E-state index in [2.05, 4.69) is 47.4 Å². The molecule has 1 aromatic heterocycles. The molecule has 0 radical (unpaired) electrons. The van der Waals surface area contributed by atoms with E-state index in [1.165, 1.54) is 6.21 Å². The summed E-state index contributed by atoms with van der Waals surface area (Å²) in [4.78, 5) is 30.2. The molecule has 0 saturated carbocycles. The van der Waals surface area contributed by atoms with Crippen LogP contribution in [0, 0.1) is 0 Å². The summed E-state index contributed by atoms with van der Waals surface area (Å²) in [6.45, 7) is 4.56. The normalized spacial score (nSPS) is 11.0. The zero-order valence-electron chi connectivity index (χ0n) is 26.0. The molecule has 0 spiro atoms. The van der Waals surface area contributed by atoms with Crippen molar-refractivity contribution >= 4 is 60.9 Å². The Balaban J connectivity index is 1.46. The van der Waals surface area contributed by atoms with Crippen LogP contribution in [0.1, 0.15) is 40.3 Å². The Labute approximate surface area is 288 Å². The second-order valence-electron chi connectivity index (χ2n) is 9.88. The number of methoxy groups -OCH3 is 2. The highest BCUT2D eigenvalue weighted by atomic mass is 79.9. The second kappa shape index (κ2) is 15.2. The molecule has 1 amide bonds. The van der Waals surface area contributed by atoms with Crippen molar-refractivity contribution in [3.8, 4) is 39.9 Å². The Morgan fingerprint density at radius 2 is 1.53 bits per heavy atom. The van der Waals surface area contributed by atoms with Gasteiger partial charge in [0.1, 0.15) is 17.2 Å². The summed E-state index contributed by atoms with van der Waals surface area (Å²) in [7, 11) is 3.13. The molecule has 4 aromatic carbocycles. The number of aromatic amines is 1. The lowest BCUT2D eigenvalue weighted by Gasteiger charge is -2.13. The first-order valence-corrected chi connectivity index (χ1v) is 16.1. The highest BCUT2D eigenvalue weighted by molar-refractivity contribution is 9.11. The number of H-pyrrole nitrogens is 1. The Kier molecular flexibility index (Phi) is 10.8. The van der Waals surface area contributed by atoms with Gasteiger partial charge in [-0.2, -0.15) is 5.10 Å². The van der Waals surface area contributed by atoms with E-state index in [1.807, 2.05) is 44.2 Å². The minimum absolute atomic E-state index is 0.202. The molecule has 0 unspecified atom stereocenters. The van der Waals surface area contributed by atoms with Gasteiger partial charge in [0.15, 0.2) is 17.2 Å². The zero-order valence-corrected chi connectivity index (χ0v) is 29.2. The lowest BCUT2D eigenvalue weighted by Crippen LogP contribution is -2.19. The van der Waals surface area contributed by atoms with Gasteiger partial charge in [-0.15, -0.1) is 0 Å². The maximum absolute atomic E-state index is 13.7. The SMILES string of the molecule is CCOc1ccc(C(=O)Oc2c(Br)cc(Br)cc2C=NNC(=O)c2[nH]c3c(OC)ccc(OC)c3c2-c2ccccc2)cc1OCC. The fraction of sp³-hybridized carbons (Fsp3) is 0.171. The fourth-order valence-electron chi connectivity index (χ4n) is 4.98. The fourth-order valence-corrected chi connectivity index (χ4v) is 6.32. The maximum atomic E-state index is 13.7. The molecule has 12 heteroatoms. The van der Waals surface area contributed by atoms with Gasteiger partial charge in [-0.3, -0.25) is 4.79 Å². The van der Waals surface area contributed by atoms with Crippen LogP contribution in [0.2, 0.25) is 0 Å². The summed E-state index contributed by atoms with van der Waals surface area (Å²) in [5, 5.41) is 4.92. The van der Waals surface area contributed by atoms with Gasteiger partial charge in [-0.1, -0.05) is 46.3 Å². The quantitative estimate of drug-likeness (QED) is 0.0570. The molecule has 0 atom stereocenters. The number of amides is 1. The van der Waals surface area contributed by atoms with Gasteiger partial charge < -0.3 is 28.7 Å². The number of benzene rings is 4. The molecule has 5 aromatic rings. The van der Waals surface area contributed by atoms with Gasteiger partial charge in [0.2, 0.25) is 0 Å². The number of nitrogens with one attached hydrogen (secondary N) is 2. The molecular weight excluding hydrogens is 734 g/mol. The van der Waals surface area contributed by atoms with Crippen molar-refractivity contribution in [2.75, 3.05) is 27.4 Å². The van der Waals surface area contributed by atoms with Gasteiger partial charge >= 0.3 is 5.97 Å². The summed E-state index contributed by atoms with van der Waals surface area (Å²) in [6.07, 6.45) is 1.39. The number of esters is 1. The second-order valence-corrected chi connectivity index (χ2v) is 11.7. The van der Waals surface area contributed by atoms with Crippen LogP contribution >= 0.6 is 31.9 Å². The first kappa shape index (κ1) is 33.6. The molecule has 1 heterocycles. The van der Waals surface area contributed by atoms with E-state index in [9.17, 15) is 9.59 Å². The number of carbonyl (C=O) groups excluding carboxylic acids is 2. The molecule has 0 aliphatic rings. The Morgan fingerprint density at radius 3 is 2.23 bits per heavy atom. The van der Waals surface area contributed by atoms with E-state index >= 15 is 0 Å². The zero-order chi connectivity index (χ0) is 33.5. The third-order valence-corrected chi connectivity index (χ3v) is 8.04. The van der Waals surface area contributed by atoms with Gasteiger partial charge in [0.25, 0.3) is 5.91 Å². The number of aromatic nitrogens is 1. The third kappa shape index (κ3) is 7.28. The third-order valence-electron chi connectivity index (χ3n) is 6.99. The summed E-state index contributed by atoms with van der Waals surface area (Å²) in [6, 6.07) is 21.3. The van der Waals surface area contributed by atoms with Crippen molar-refractivity contribution in [1.82, 2.24) is 10.4 Å². The number of hydrogen-bond donors (Lipinski definition) is 2. The molecule has 47 heavy (non-hydrogen) atoms. The minimum atomic E-state index is -0.621. The van der Waals surface area contributed by atoms with Crippen LogP contribution in [0.25, 0.3) is 22.0 Å². The van der Waals surface area contributed by atoms with Gasteiger partial charge in [0.05, 0.1) is 54.6 Å². The summed E-state index contributed by atoms with van der Waals surface area (Å²) >= 11 is 6.95. The monoisotopic (exact) mass is 763 g/mol. The average molecular weight is 765 g/mol. The van der Waals surface area contributed by atoms with E-state index in [0.717, 1.165) is 5.56 Å². The standard InChI is InChI=1S/C35H31Br2N3O7/c1-5-45-25-13-12-21(17-28(25)46-6-2)35(42)47-33-22(16-23(36)18-24(33)37)19-38-40-34(41)32-29(20-10-8-7-9-11-20)30-26(43-3)14-15-27(44-4)31(30)39-32/h7-19,39H,5-6H2,1-4H3,(H,40,41). The number of hydrogen-bond acceptors (Lipinski definition) is 8. The van der Waals surface area contributed by atoms with Crippen molar-refractivity contribution in [2.24, 2.45) is 5.10 Å². The Bertz CT molecular complexity index is 1960. The van der Waals surface area contributed by atoms with E-state index < -0.39 is 11.9 Å². The van der Waals surface area contributed by atoms with Crippen molar-refractivity contribution in [3.05, 3.63) is 98.6 Å². The number of hydrazone groups is 1. The highest BCUT2D eigenvalue weighted by Gasteiger charge is 2.24. The molecule has 0 fully saturated rings. The highest BCUT2D eigenvalue weighted by Crippen LogP contribution is 2.42. The van der Waals surface area contributed by atoms with Crippen molar-refractivity contribution in [2.45, 2.75) is 13.8 Å². The largest absolute Gasteiger partial charge is 0.496 e. The molecule has 5 rings (SSSR count). The molecule has 242 valence electrons. The van der Waals surface area contributed by atoms with Crippen molar-refractivity contribution in [1.29, 1.82) is 0 Å². The molecule has 10 nitrogen and oxygen atoms in total. The predicted molar refractivity (Wildman–Crippen MR) is 187 cm³/mol. The lowest BCUT2D eigenvalue weighted by atomic mass is 10.0. The Morgan fingerprint density at radius 1 is 0.851 bits per heavy atom. The summed E-state index contributed by atoms with van der Waals surface area (Å²) < 4.78 is 29.5. The first-order chi connectivity index (χ1) is 22.8. The van der Waals surface area contributed by atoms with Crippen LogP contribution in [0.3, 0.4) is 0 Å². The average Bonchev–Trinajstić information content (AvgIpc) is 3.48. The van der Waals surface area contributed by atoms with Crippen LogP contribution in [0.4, 0.5) is 0 Å². The predicted octanol–water partition coefficient (Wildman–Crippen LogP) is 8.16. The molecule has 0 bridgehead atoms. The van der Waals surface area contributed by atoms with Crippen molar-refractivity contribution in [3.63, 3.8) is 0 Å². The topological polar surface area (TPSA) is 120 Å². The molecule has 0 aliphatic heterocycles. The lowest BCUT2D eigenvalue weighted by molar-refractivity contribution is 0.0732. The number of nitrogens with zero attached hydrogens (tertiary/aromatic N) is 1.